The van der Waals surface area contributed by atoms with E-state index in [2.05, 4.69) is 5.32 Å². The van der Waals surface area contributed by atoms with E-state index in [1.807, 2.05) is 42.3 Å². The lowest BCUT2D eigenvalue weighted by atomic mass is 10.2. The molecule has 0 aliphatic carbocycles. The van der Waals surface area contributed by atoms with Crippen LogP contribution < -0.4 is 14.8 Å². The van der Waals surface area contributed by atoms with Gasteiger partial charge in [0.05, 0.1) is 13.2 Å². The van der Waals surface area contributed by atoms with Gasteiger partial charge in [-0.1, -0.05) is 18.2 Å². The number of nitrogens with zero attached hydrogens (tertiary/aromatic N) is 1. The first-order valence-corrected chi connectivity index (χ1v) is 9.85. The summed E-state index contributed by atoms with van der Waals surface area (Å²) in [7, 11) is 1.89. The molecule has 30 heavy (non-hydrogen) atoms. The van der Waals surface area contributed by atoms with Crippen molar-refractivity contribution in [2.45, 2.75) is 13.5 Å². The molecule has 1 aliphatic rings. The third-order valence-electron chi connectivity index (χ3n) is 4.37. The second kappa shape index (κ2) is 10.5. The SMILES string of the molecule is CCOC(=O)/C=C/c1ccc(NC(=O)CN(C)Cc2ccc3c(c2)OCCO3)cc1. The molecular formula is C23H26N2O5. The molecule has 1 amide bonds. The molecule has 7 heteroatoms. The van der Waals surface area contributed by atoms with E-state index in [-0.39, 0.29) is 18.4 Å². The van der Waals surface area contributed by atoms with Gasteiger partial charge in [-0.2, -0.15) is 0 Å². The molecule has 0 unspecified atom stereocenters. The van der Waals surface area contributed by atoms with Gasteiger partial charge in [-0.3, -0.25) is 9.69 Å². The fraction of sp³-hybridized carbons (Fsp3) is 0.304. The fourth-order valence-corrected chi connectivity index (χ4v) is 3.03. The average molecular weight is 410 g/mol. The molecule has 0 saturated carbocycles. The van der Waals surface area contributed by atoms with Gasteiger partial charge in [-0.15, -0.1) is 0 Å². The van der Waals surface area contributed by atoms with E-state index in [1.165, 1.54) is 6.08 Å². The van der Waals surface area contributed by atoms with Gasteiger partial charge in [0.1, 0.15) is 13.2 Å². The standard InChI is InChI=1S/C23H26N2O5/c1-3-28-23(27)11-7-17-4-8-19(9-5-17)24-22(26)16-25(2)15-18-6-10-20-21(14-18)30-13-12-29-20/h4-11,14H,3,12-13,15-16H2,1-2H3,(H,24,26)/b11-7+. The predicted octanol–water partition coefficient (Wildman–Crippen LogP) is 3.10. The highest BCUT2D eigenvalue weighted by atomic mass is 16.6. The van der Waals surface area contributed by atoms with Gasteiger partial charge in [0.25, 0.3) is 0 Å². The first kappa shape index (κ1) is 21.4. The zero-order valence-corrected chi connectivity index (χ0v) is 17.2. The van der Waals surface area contributed by atoms with E-state index >= 15 is 0 Å². The predicted molar refractivity (Wildman–Crippen MR) is 115 cm³/mol. The van der Waals surface area contributed by atoms with Gasteiger partial charge in [0, 0.05) is 18.3 Å². The van der Waals surface area contributed by atoms with Gasteiger partial charge in [0.2, 0.25) is 5.91 Å². The highest BCUT2D eigenvalue weighted by molar-refractivity contribution is 5.92. The lowest BCUT2D eigenvalue weighted by Gasteiger charge is -2.21. The number of anilines is 1. The molecule has 0 atom stereocenters. The smallest absolute Gasteiger partial charge is 0.330 e. The van der Waals surface area contributed by atoms with Crippen molar-refractivity contribution in [2.24, 2.45) is 0 Å². The highest BCUT2D eigenvalue weighted by Gasteiger charge is 2.13. The van der Waals surface area contributed by atoms with Crippen LogP contribution in [0, 0.1) is 0 Å². The Morgan fingerprint density at radius 3 is 2.57 bits per heavy atom. The fourth-order valence-electron chi connectivity index (χ4n) is 3.03. The first-order valence-electron chi connectivity index (χ1n) is 9.85. The van der Waals surface area contributed by atoms with Crippen molar-refractivity contribution in [2.75, 3.05) is 38.7 Å². The Morgan fingerprint density at radius 1 is 1.10 bits per heavy atom. The van der Waals surface area contributed by atoms with Crippen LogP contribution >= 0.6 is 0 Å². The molecule has 0 fully saturated rings. The van der Waals surface area contributed by atoms with Crippen LogP contribution in [0.25, 0.3) is 6.08 Å². The van der Waals surface area contributed by atoms with Crippen LogP contribution in [0.2, 0.25) is 0 Å². The van der Waals surface area contributed by atoms with Crippen LogP contribution in [-0.2, 0) is 20.9 Å². The number of benzene rings is 2. The van der Waals surface area contributed by atoms with E-state index in [0.717, 1.165) is 22.6 Å². The number of rotatable bonds is 8. The minimum absolute atomic E-state index is 0.107. The minimum atomic E-state index is -0.379. The summed E-state index contributed by atoms with van der Waals surface area (Å²) in [5.74, 6) is 1.01. The number of nitrogens with one attached hydrogen (secondary N) is 1. The topological polar surface area (TPSA) is 77.1 Å². The first-order chi connectivity index (χ1) is 14.5. The number of fused-ring (bicyclic) bond motifs is 1. The normalized spacial score (nSPS) is 12.8. The summed E-state index contributed by atoms with van der Waals surface area (Å²) in [6.07, 6.45) is 3.05. The van der Waals surface area contributed by atoms with E-state index in [9.17, 15) is 9.59 Å². The molecule has 0 aromatic heterocycles. The molecule has 1 N–H and O–H groups in total. The summed E-state index contributed by atoms with van der Waals surface area (Å²) in [6, 6.07) is 13.1. The second-order valence-electron chi connectivity index (χ2n) is 6.91. The summed E-state index contributed by atoms with van der Waals surface area (Å²) in [4.78, 5) is 25.6. The van der Waals surface area contributed by atoms with E-state index in [1.54, 1.807) is 25.1 Å². The highest BCUT2D eigenvalue weighted by Crippen LogP contribution is 2.31. The summed E-state index contributed by atoms with van der Waals surface area (Å²) < 4.78 is 16.0. The Hall–Kier alpha value is -3.32. The summed E-state index contributed by atoms with van der Waals surface area (Å²) >= 11 is 0. The Bertz CT molecular complexity index is 908. The molecule has 2 aromatic carbocycles. The van der Waals surface area contributed by atoms with Crippen molar-refractivity contribution in [1.29, 1.82) is 0 Å². The Labute approximate surface area is 176 Å². The number of hydrogen-bond donors (Lipinski definition) is 1. The Kier molecular flexibility index (Phi) is 7.45. The third-order valence-corrected chi connectivity index (χ3v) is 4.37. The number of ether oxygens (including phenoxy) is 3. The van der Waals surface area contributed by atoms with Crippen LogP contribution in [0.1, 0.15) is 18.1 Å². The van der Waals surface area contributed by atoms with Crippen molar-refractivity contribution >= 4 is 23.6 Å². The molecule has 7 nitrogen and oxygen atoms in total. The maximum atomic E-state index is 12.3. The summed E-state index contributed by atoms with van der Waals surface area (Å²) in [5.41, 5.74) is 2.59. The summed E-state index contributed by atoms with van der Waals surface area (Å²) in [6.45, 7) is 4.08. The zero-order valence-electron chi connectivity index (χ0n) is 17.2. The quantitative estimate of drug-likeness (QED) is 0.532. The summed E-state index contributed by atoms with van der Waals surface area (Å²) in [5, 5.41) is 2.88. The molecule has 0 saturated heterocycles. The van der Waals surface area contributed by atoms with Crippen LogP contribution in [0.15, 0.2) is 48.5 Å². The number of carbonyl (C=O) groups is 2. The maximum Gasteiger partial charge on any atom is 0.330 e. The van der Waals surface area contributed by atoms with Gasteiger partial charge >= 0.3 is 5.97 Å². The van der Waals surface area contributed by atoms with Crippen LogP contribution in [-0.4, -0.2) is 50.2 Å². The molecule has 0 bridgehead atoms. The van der Waals surface area contributed by atoms with Crippen LogP contribution in [0.5, 0.6) is 11.5 Å². The number of esters is 1. The van der Waals surface area contributed by atoms with Crippen LogP contribution in [0.4, 0.5) is 5.69 Å². The van der Waals surface area contributed by atoms with E-state index < -0.39 is 0 Å². The largest absolute Gasteiger partial charge is 0.486 e. The van der Waals surface area contributed by atoms with Crippen molar-refractivity contribution in [3.8, 4) is 11.5 Å². The van der Waals surface area contributed by atoms with Crippen molar-refractivity contribution in [3.63, 3.8) is 0 Å². The van der Waals surface area contributed by atoms with E-state index in [0.29, 0.717) is 32.1 Å². The molecule has 158 valence electrons. The Morgan fingerprint density at radius 2 is 1.83 bits per heavy atom. The minimum Gasteiger partial charge on any atom is -0.486 e. The lowest BCUT2D eigenvalue weighted by molar-refractivity contribution is -0.137. The Balaban J connectivity index is 1.48. The monoisotopic (exact) mass is 410 g/mol. The van der Waals surface area contributed by atoms with Crippen LogP contribution in [0.3, 0.4) is 0 Å². The second-order valence-corrected chi connectivity index (χ2v) is 6.91. The molecule has 1 aliphatic heterocycles. The molecular weight excluding hydrogens is 384 g/mol. The molecule has 2 aromatic rings. The lowest BCUT2D eigenvalue weighted by Crippen LogP contribution is -2.29. The molecule has 0 radical (unpaired) electrons. The van der Waals surface area contributed by atoms with Gasteiger partial charge < -0.3 is 19.5 Å². The number of amides is 1. The van der Waals surface area contributed by atoms with Gasteiger partial charge in [-0.25, -0.2) is 4.79 Å². The zero-order chi connectivity index (χ0) is 21.3. The van der Waals surface area contributed by atoms with Crippen molar-refractivity contribution in [3.05, 3.63) is 59.7 Å². The average Bonchev–Trinajstić information content (AvgIpc) is 2.73. The maximum absolute atomic E-state index is 12.3. The molecule has 1 heterocycles. The molecule has 0 spiro atoms. The molecule has 3 rings (SSSR count). The van der Waals surface area contributed by atoms with Crippen molar-refractivity contribution < 1.29 is 23.8 Å². The number of likely N-dealkylation sites (N-methyl/N-ethyl adjacent to an activating group) is 1. The van der Waals surface area contributed by atoms with E-state index in [4.69, 9.17) is 14.2 Å². The third kappa shape index (κ3) is 6.35. The number of hydrogen-bond acceptors (Lipinski definition) is 6. The van der Waals surface area contributed by atoms with Crippen molar-refractivity contribution in [1.82, 2.24) is 4.90 Å². The number of carbonyl (C=O) groups excluding carboxylic acids is 2. The van der Waals surface area contributed by atoms with Gasteiger partial charge in [0.15, 0.2) is 11.5 Å². The van der Waals surface area contributed by atoms with Gasteiger partial charge in [-0.05, 0) is 55.4 Å².